The molecule has 2 aromatic carbocycles. The van der Waals surface area contributed by atoms with E-state index in [4.69, 9.17) is 0 Å². The molecule has 0 aromatic heterocycles. The summed E-state index contributed by atoms with van der Waals surface area (Å²) in [7, 11) is 0. The molecule has 3 rings (SSSR count). The van der Waals surface area contributed by atoms with Gasteiger partial charge in [0, 0.05) is 5.92 Å². The Morgan fingerprint density at radius 1 is 0.947 bits per heavy atom. The normalized spacial score (nSPS) is 18.2. The summed E-state index contributed by atoms with van der Waals surface area (Å²) < 4.78 is 0. The second-order valence-electron chi connectivity index (χ2n) is 5.15. The first-order valence-corrected chi connectivity index (χ1v) is 6.83. The van der Waals surface area contributed by atoms with E-state index in [0.29, 0.717) is 5.92 Å². The maximum absolute atomic E-state index is 2.39. The summed E-state index contributed by atoms with van der Waals surface area (Å²) in [4.78, 5) is 0. The van der Waals surface area contributed by atoms with Gasteiger partial charge in [-0.05, 0) is 30.0 Å². The molecule has 0 bridgehead atoms. The van der Waals surface area contributed by atoms with Crippen molar-refractivity contribution >= 4 is 5.57 Å². The van der Waals surface area contributed by atoms with E-state index >= 15 is 0 Å². The van der Waals surface area contributed by atoms with E-state index in [-0.39, 0.29) is 0 Å². The largest absolute Gasteiger partial charge is 0.0830 e. The van der Waals surface area contributed by atoms with Gasteiger partial charge in [-0.3, -0.25) is 0 Å². The lowest BCUT2D eigenvalue weighted by atomic mass is 9.87. The van der Waals surface area contributed by atoms with Crippen LogP contribution in [0.4, 0.5) is 0 Å². The van der Waals surface area contributed by atoms with E-state index in [1.807, 2.05) is 0 Å². The van der Waals surface area contributed by atoms with Gasteiger partial charge in [-0.1, -0.05) is 78.4 Å². The van der Waals surface area contributed by atoms with Gasteiger partial charge < -0.3 is 0 Å². The van der Waals surface area contributed by atoms with Gasteiger partial charge in [0.2, 0.25) is 0 Å². The maximum atomic E-state index is 2.39. The van der Waals surface area contributed by atoms with E-state index in [1.54, 1.807) is 0 Å². The fourth-order valence-electron chi connectivity index (χ4n) is 2.63. The average molecular weight is 246 g/mol. The molecular formula is C19H18. The molecule has 0 amide bonds. The molecule has 0 nitrogen and oxygen atoms in total. The highest BCUT2D eigenvalue weighted by molar-refractivity contribution is 5.76. The molecule has 2 aromatic rings. The minimum atomic E-state index is 0.502. The van der Waals surface area contributed by atoms with Crippen molar-refractivity contribution < 1.29 is 0 Å². The Hall–Kier alpha value is -2.08. The quantitative estimate of drug-likeness (QED) is 0.689. The van der Waals surface area contributed by atoms with Crippen LogP contribution in [-0.2, 0) is 0 Å². The molecule has 0 fully saturated rings. The summed E-state index contributed by atoms with van der Waals surface area (Å²) in [5.41, 5.74) is 5.37. The van der Waals surface area contributed by atoms with Crippen molar-refractivity contribution in [1.82, 2.24) is 0 Å². The molecule has 0 spiro atoms. The van der Waals surface area contributed by atoms with Gasteiger partial charge >= 0.3 is 0 Å². The van der Waals surface area contributed by atoms with Crippen molar-refractivity contribution in [3.63, 3.8) is 0 Å². The standard InChI is InChI=1S/C19H18/c1-15-7-5-10-17(13-15)19-12-6-11-18(14-19)16-8-3-2-4-9-16/h2-10,12-14,18H,11H2,1H3. The third kappa shape index (κ3) is 2.68. The van der Waals surface area contributed by atoms with Crippen LogP contribution in [0.2, 0.25) is 0 Å². The number of benzene rings is 2. The smallest absolute Gasteiger partial charge is 0.00617 e. The Balaban J connectivity index is 1.94. The predicted octanol–water partition coefficient (Wildman–Crippen LogP) is 5.12. The van der Waals surface area contributed by atoms with E-state index in [2.05, 4.69) is 79.7 Å². The molecule has 0 heterocycles. The van der Waals surface area contributed by atoms with Gasteiger partial charge in [-0.25, -0.2) is 0 Å². The van der Waals surface area contributed by atoms with E-state index in [1.165, 1.54) is 22.3 Å². The summed E-state index contributed by atoms with van der Waals surface area (Å²) >= 11 is 0. The fourth-order valence-corrected chi connectivity index (χ4v) is 2.63. The Labute approximate surface area is 115 Å². The summed E-state index contributed by atoms with van der Waals surface area (Å²) in [5, 5.41) is 0. The van der Waals surface area contributed by atoms with Crippen LogP contribution in [0.3, 0.4) is 0 Å². The number of hydrogen-bond acceptors (Lipinski definition) is 0. The molecule has 1 aliphatic carbocycles. The first kappa shape index (κ1) is 12.0. The number of rotatable bonds is 2. The molecule has 0 radical (unpaired) electrons. The molecule has 1 atom stereocenters. The molecular weight excluding hydrogens is 228 g/mol. The molecule has 0 saturated carbocycles. The van der Waals surface area contributed by atoms with Gasteiger partial charge in [0.05, 0.1) is 0 Å². The fraction of sp³-hybridized carbons (Fsp3) is 0.158. The molecule has 19 heavy (non-hydrogen) atoms. The van der Waals surface area contributed by atoms with Crippen molar-refractivity contribution in [2.45, 2.75) is 19.3 Å². The number of allylic oxidation sites excluding steroid dienone is 4. The maximum Gasteiger partial charge on any atom is 0.00617 e. The molecule has 0 saturated heterocycles. The van der Waals surface area contributed by atoms with Crippen molar-refractivity contribution in [1.29, 1.82) is 0 Å². The summed E-state index contributed by atoms with van der Waals surface area (Å²) in [6.45, 7) is 2.14. The number of aryl methyl sites for hydroxylation is 1. The lowest BCUT2D eigenvalue weighted by Gasteiger charge is -2.17. The van der Waals surface area contributed by atoms with Gasteiger partial charge in [-0.2, -0.15) is 0 Å². The zero-order valence-corrected chi connectivity index (χ0v) is 11.2. The summed E-state index contributed by atoms with van der Waals surface area (Å²) in [6.07, 6.45) is 8.02. The molecule has 1 aliphatic rings. The molecule has 1 unspecified atom stereocenters. The minimum Gasteiger partial charge on any atom is -0.0830 e. The lowest BCUT2D eigenvalue weighted by molar-refractivity contribution is 0.857. The van der Waals surface area contributed by atoms with Gasteiger partial charge in [-0.15, -0.1) is 0 Å². The summed E-state index contributed by atoms with van der Waals surface area (Å²) in [5.74, 6) is 0.502. The first-order chi connectivity index (χ1) is 9.33. The summed E-state index contributed by atoms with van der Waals surface area (Å²) in [6, 6.07) is 19.5. The highest BCUT2D eigenvalue weighted by Crippen LogP contribution is 2.31. The van der Waals surface area contributed by atoms with Crippen LogP contribution >= 0.6 is 0 Å². The highest BCUT2D eigenvalue weighted by Gasteiger charge is 2.12. The average Bonchev–Trinajstić information content (AvgIpc) is 2.48. The zero-order valence-electron chi connectivity index (χ0n) is 11.2. The highest BCUT2D eigenvalue weighted by atomic mass is 14.2. The second kappa shape index (κ2) is 5.27. The van der Waals surface area contributed by atoms with Crippen molar-refractivity contribution in [2.24, 2.45) is 0 Å². The van der Waals surface area contributed by atoms with Crippen molar-refractivity contribution in [2.75, 3.05) is 0 Å². The van der Waals surface area contributed by atoms with Crippen molar-refractivity contribution in [3.8, 4) is 0 Å². The van der Waals surface area contributed by atoms with Gasteiger partial charge in [0.1, 0.15) is 0 Å². The second-order valence-corrected chi connectivity index (χ2v) is 5.15. The number of hydrogen-bond donors (Lipinski definition) is 0. The monoisotopic (exact) mass is 246 g/mol. The third-order valence-corrected chi connectivity index (χ3v) is 3.65. The predicted molar refractivity (Wildman–Crippen MR) is 82.1 cm³/mol. The first-order valence-electron chi connectivity index (χ1n) is 6.83. The molecule has 94 valence electrons. The Bertz CT molecular complexity index is 617. The van der Waals surface area contributed by atoms with Crippen LogP contribution in [0.25, 0.3) is 5.57 Å². The lowest BCUT2D eigenvalue weighted by Crippen LogP contribution is -1.99. The van der Waals surface area contributed by atoms with Crippen LogP contribution in [0, 0.1) is 6.92 Å². The van der Waals surface area contributed by atoms with Crippen LogP contribution < -0.4 is 0 Å². The molecule has 0 heteroatoms. The molecule has 0 N–H and O–H groups in total. The van der Waals surface area contributed by atoms with E-state index in [9.17, 15) is 0 Å². The zero-order chi connectivity index (χ0) is 13.1. The van der Waals surface area contributed by atoms with Crippen LogP contribution in [0.15, 0.2) is 72.8 Å². The van der Waals surface area contributed by atoms with Crippen molar-refractivity contribution in [3.05, 3.63) is 89.5 Å². The Morgan fingerprint density at radius 2 is 1.79 bits per heavy atom. The Morgan fingerprint density at radius 3 is 2.58 bits per heavy atom. The van der Waals surface area contributed by atoms with E-state index < -0.39 is 0 Å². The minimum absolute atomic E-state index is 0.502. The molecule has 0 aliphatic heterocycles. The SMILES string of the molecule is Cc1cccc(C2=CC(c3ccccc3)CC=C2)c1. The van der Waals surface area contributed by atoms with Crippen LogP contribution in [0.1, 0.15) is 29.0 Å². The topological polar surface area (TPSA) is 0 Å². The van der Waals surface area contributed by atoms with Gasteiger partial charge in [0.25, 0.3) is 0 Å². The van der Waals surface area contributed by atoms with Crippen LogP contribution in [0.5, 0.6) is 0 Å². The van der Waals surface area contributed by atoms with E-state index in [0.717, 1.165) is 6.42 Å². The Kier molecular flexibility index (Phi) is 3.33. The van der Waals surface area contributed by atoms with Crippen LogP contribution in [-0.4, -0.2) is 0 Å². The van der Waals surface area contributed by atoms with Gasteiger partial charge in [0.15, 0.2) is 0 Å². The third-order valence-electron chi connectivity index (χ3n) is 3.65.